The lowest BCUT2D eigenvalue weighted by atomic mass is 9.98. The average molecular weight is 672 g/mol. The third-order valence-electron chi connectivity index (χ3n) is 6.33. The molecule has 1 heterocycles. The molecule has 0 aliphatic rings. The van der Waals surface area contributed by atoms with E-state index in [1.807, 2.05) is 91.0 Å². The monoisotopic (exact) mass is 670 g/mol. The predicted molar refractivity (Wildman–Crippen MR) is 167 cm³/mol. The van der Waals surface area contributed by atoms with Crippen LogP contribution in [-0.2, 0) is 6.61 Å². The minimum absolute atomic E-state index is 0.218. The van der Waals surface area contributed by atoms with Crippen molar-refractivity contribution in [2.45, 2.75) is 6.61 Å². The first-order valence-corrected chi connectivity index (χ1v) is 14.1. The highest BCUT2D eigenvalue weighted by atomic mass is 79.9. The molecule has 0 radical (unpaired) electrons. The van der Waals surface area contributed by atoms with Crippen LogP contribution >= 0.6 is 31.9 Å². The van der Waals surface area contributed by atoms with E-state index in [0.29, 0.717) is 29.2 Å². The Kier molecular flexibility index (Phi) is 8.88. The first-order valence-electron chi connectivity index (χ1n) is 12.6. The average Bonchev–Trinajstić information content (AvgIpc) is 3.39. The quantitative estimate of drug-likeness (QED) is 0.146. The van der Waals surface area contributed by atoms with Crippen LogP contribution in [0.4, 0.5) is 5.88 Å². The summed E-state index contributed by atoms with van der Waals surface area (Å²) in [5, 5.41) is 10.2. The second-order valence-electron chi connectivity index (χ2n) is 8.92. The molecule has 204 valence electrons. The van der Waals surface area contributed by atoms with Crippen LogP contribution < -0.4 is 14.2 Å². The minimum atomic E-state index is 0.218. The Labute approximate surface area is 255 Å². The van der Waals surface area contributed by atoms with Gasteiger partial charge in [-0.3, -0.25) is 0 Å². The molecule has 0 aliphatic carbocycles. The van der Waals surface area contributed by atoms with Gasteiger partial charge in [-0.1, -0.05) is 40.2 Å². The van der Waals surface area contributed by atoms with E-state index < -0.39 is 0 Å². The van der Waals surface area contributed by atoms with Crippen molar-refractivity contribution in [3.05, 3.63) is 117 Å². The Morgan fingerprint density at radius 1 is 0.829 bits per heavy atom. The van der Waals surface area contributed by atoms with Gasteiger partial charge in [-0.05, 0) is 99.4 Å². The zero-order valence-corrected chi connectivity index (χ0v) is 25.4. The lowest BCUT2D eigenvalue weighted by molar-refractivity contribution is 0.304. The van der Waals surface area contributed by atoms with Gasteiger partial charge in [-0.25, -0.2) is 4.99 Å². The molecule has 0 saturated carbocycles. The number of nitriles is 1. The topological polar surface area (TPSA) is 77.0 Å². The van der Waals surface area contributed by atoms with E-state index in [9.17, 15) is 5.26 Å². The Morgan fingerprint density at radius 3 is 2.05 bits per heavy atom. The highest BCUT2D eigenvalue weighted by Gasteiger charge is 2.23. The highest BCUT2D eigenvalue weighted by Crippen LogP contribution is 2.43. The van der Waals surface area contributed by atoms with Crippen molar-refractivity contribution in [2.75, 3.05) is 14.2 Å². The lowest BCUT2D eigenvalue weighted by Gasteiger charge is -2.09. The SMILES string of the molecule is COc1ccc(-c2oc(N=Cc3ccc(OCc4ccc(Br)cc4)c(Br)c3)c(C#N)c2-c2ccc(OC)cc2)cc1. The van der Waals surface area contributed by atoms with E-state index >= 15 is 0 Å². The molecule has 0 atom stereocenters. The number of methoxy groups -OCH3 is 2. The molecule has 0 saturated heterocycles. The minimum Gasteiger partial charge on any atom is -0.497 e. The molecule has 0 fully saturated rings. The molecular weight excluding hydrogens is 648 g/mol. The van der Waals surface area contributed by atoms with Gasteiger partial charge < -0.3 is 18.6 Å². The predicted octanol–water partition coefficient (Wildman–Crippen LogP) is 9.36. The number of ether oxygens (including phenoxy) is 3. The molecule has 5 aromatic rings. The molecule has 0 bridgehead atoms. The molecule has 5 rings (SSSR count). The van der Waals surface area contributed by atoms with Crippen molar-refractivity contribution < 1.29 is 18.6 Å². The highest BCUT2D eigenvalue weighted by molar-refractivity contribution is 9.10. The fraction of sp³-hybridized carbons (Fsp3) is 0.0909. The van der Waals surface area contributed by atoms with E-state index in [1.165, 1.54) is 0 Å². The Hall–Kier alpha value is -4.32. The maximum absolute atomic E-state index is 10.2. The molecular formula is C33H24Br2N2O4. The standard InChI is InChI=1S/C33H24Br2N2O4/c1-38-26-12-6-23(7-13-26)31-28(18-36)33(41-32(31)24-8-14-27(39-2)15-9-24)37-19-22-5-16-30(29(35)17-22)40-20-21-3-10-25(34)11-4-21/h3-17,19H,20H2,1-2H3. The maximum Gasteiger partial charge on any atom is 0.238 e. The summed E-state index contributed by atoms with van der Waals surface area (Å²) in [6.07, 6.45) is 1.67. The normalized spacial score (nSPS) is 10.9. The summed E-state index contributed by atoms with van der Waals surface area (Å²) in [7, 11) is 3.23. The van der Waals surface area contributed by atoms with Crippen LogP contribution in [0.1, 0.15) is 16.7 Å². The van der Waals surface area contributed by atoms with Crippen molar-refractivity contribution in [3.63, 3.8) is 0 Å². The zero-order chi connectivity index (χ0) is 28.8. The second-order valence-corrected chi connectivity index (χ2v) is 10.7. The summed E-state index contributed by atoms with van der Waals surface area (Å²) in [6.45, 7) is 0.444. The van der Waals surface area contributed by atoms with E-state index in [2.05, 4.69) is 42.9 Å². The number of furan rings is 1. The van der Waals surface area contributed by atoms with Crippen molar-refractivity contribution in [2.24, 2.45) is 4.99 Å². The smallest absolute Gasteiger partial charge is 0.238 e. The van der Waals surface area contributed by atoms with Crippen LogP contribution in [0.3, 0.4) is 0 Å². The number of benzene rings is 4. The van der Waals surface area contributed by atoms with Gasteiger partial charge in [0.2, 0.25) is 5.88 Å². The summed E-state index contributed by atoms with van der Waals surface area (Å²) in [5.74, 6) is 2.91. The first-order chi connectivity index (χ1) is 20.0. The van der Waals surface area contributed by atoms with Crippen molar-refractivity contribution in [1.82, 2.24) is 0 Å². The Bertz CT molecular complexity index is 1720. The summed E-state index contributed by atoms with van der Waals surface area (Å²) in [4.78, 5) is 4.59. The van der Waals surface area contributed by atoms with Crippen molar-refractivity contribution in [3.8, 4) is 45.8 Å². The number of nitrogens with zero attached hydrogens (tertiary/aromatic N) is 2. The number of hydrogen-bond acceptors (Lipinski definition) is 6. The van der Waals surface area contributed by atoms with E-state index in [4.69, 9.17) is 18.6 Å². The van der Waals surface area contributed by atoms with Gasteiger partial charge in [0.05, 0.1) is 18.7 Å². The van der Waals surface area contributed by atoms with Gasteiger partial charge in [0, 0.05) is 21.8 Å². The summed E-state index contributed by atoms with van der Waals surface area (Å²) < 4.78 is 24.7. The van der Waals surface area contributed by atoms with Gasteiger partial charge in [-0.15, -0.1) is 0 Å². The number of hydrogen-bond donors (Lipinski definition) is 0. The molecule has 0 aliphatic heterocycles. The Morgan fingerprint density at radius 2 is 1.46 bits per heavy atom. The first kappa shape index (κ1) is 28.2. The van der Waals surface area contributed by atoms with Crippen LogP contribution in [0.15, 0.2) is 109 Å². The van der Waals surface area contributed by atoms with Gasteiger partial charge >= 0.3 is 0 Å². The van der Waals surface area contributed by atoms with Gasteiger partial charge in [0.15, 0.2) is 0 Å². The van der Waals surface area contributed by atoms with Crippen LogP contribution in [0.2, 0.25) is 0 Å². The van der Waals surface area contributed by atoms with Gasteiger partial charge in [0.25, 0.3) is 0 Å². The second kappa shape index (κ2) is 12.9. The van der Waals surface area contributed by atoms with Crippen molar-refractivity contribution in [1.29, 1.82) is 5.26 Å². The van der Waals surface area contributed by atoms with Crippen LogP contribution in [0.25, 0.3) is 22.5 Å². The summed E-state index contributed by atoms with van der Waals surface area (Å²) in [5.41, 5.74) is 4.48. The molecule has 0 N–H and O–H groups in total. The molecule has 41 heavy (non-hydrogen) atoms. The summed E-state index contributed by atoms with van der Waals surface area (Å²) in [6, 6.07) is 30.9. The third kappa shape index (κ3) is 6.54. The van der Waals surface area contributed by atoms with Crippen LogP contribution in [0, 0.1) is 11.3 Å². The number of aliphatic imine (C=N–C) groups is 1. The third-order valence-corrected chi connectivity index (χ3v) is 7.48. The summed E-state index contributed by atoms with van der Waals surface area (Å²) >= 11 is 7.04. The maximum atomic E-state index is 10.2. The number of rotatable bonds is 9. The lowest BCUT2D eigenvalue weighted by Crippen LogP contribution is -1.96. The molecule has 0 spiro atoms. The fourth-order valence-electron chi connectivity index (χ4n) is 4.18. The molecule has 1 aromatic heterocycles. The van der Waals surface area contributed by atoms with Gasteiger partial charge in [0.1, 0.15) is 41.2 Å². The molecule has 6 nitrogen and oxygen atoms in total. The molecule has 4 aromatic carbocycles. The van der Waals surface area contributed by atoms with Crippen LogP contribution in [0.5, 0.6) is 17.2 Å². The Balaban J connectivity index is 1.46. The van der Waals surface area contributed by atoms with Crippen LogP contribution in [-0.4, -0.2) is 20.4 Å². The van der Waals surface area contributed by atoms with E-state index in [0.717, 1.165) is 42.7 Å². The number of halogens is 2. The molecule has 0 unspecified atom stereocenters. The van der Waals surface area contributed by atoms with E-state index in [-0.39, 0.29) is 5.88 Å². The van der Waals surface area contributed by atoms with E-state index in [1.54, 1.807) is 20.4 Å². The zero-order valence-electron chi connectivity index (χ0n) is 22.2. The largest absolute Gasteiger partial charge is 0.497 e. The van der Waals surface area contributed by atoms with Crippen molar-refractivity contribution >= 4 is 44.0 Å². The molecule has 0 amide bonds. The molecule has 8 heteroatoms. The van der Waals surface area contributed by atoms with Gasteiger partial charge in [-0.2, -0.15) is 5.26 Å². The fourth-order valence-corrected chi connectivity index (χ4v) is 4.96.